The molecule has 10 heteroatoms. The van der Waals surface area contributed by atoms with Crippen LogP contribution in [0.25, 0.3) is 0 Å². The maximum absolute atomic E-state index is 13.7. The highest BCUT2D eigenvalue weighted by Crippen LogP contribution is 2.28. The molecule has 0 aliphatic carbocycles. The van der Waals surface area contributed by atoms with E-state index in [0.717, 1.165) is 6.07 Å². The van der Waals surface area contributed by atoms with Crippen molar-refractivity contribution < 1.29 is 40.6 Å². The highest BCUT2D eigenvalue weighted by molar-refractivity contribution is 6.02. The standard InChI is InChI=1S/C20H14F5NO4/c1-2-28-10-3-5-11(6-4-10)29-9-12-7-8-13(30-12)20(27)26-19-17(24)15(22)14(21)16(23)18(19)25/h3-8H,2,9H2,1H3,(H,26,27). The van der Waals surface area contributed by atoms with Crippen molar-refractivity contribution in [2.75, 3.05) is 11.9 Å². The van der Waals surface area contributed by atoms with E-state index in [-0.39, 0.29) is 12.4 Å². The normalized spacial score (nSPS) is 10.7. The predicted octanol–water partition coefficient (Wildman–Crippen LogP) is 5.21. The van der Waals surface area contributed by atoms with Gasteiger partial charge in [0, 0.05) is 0 Å². The summed E-state index contributed by atoms with van der Waals surface area (Å²) in [5, 5.41) is 1.62. The van der Waals surface area contributed by atoms with Gasteiger partial charge in [-0.2, -0.15) is 0 Å². The van der Waals surface area contributed by atoms with Crippen molar-refractivity contribution in [2.45, 2.75) is 13.5 Å². The van der Waals surface area contributed by atoms with Gasteiger partial charge in [0.05, 0.1) is 6.61 Å². The summed E-state index contributed by atoms with van der Waals surface area (Å²) in [6.07, 6.45) is 0. The first-order chi connectivity index (χ1) is 14.3. The fourth-order valence-electron chi connectivity index (χ4n) is 2.42. The molecular weight excluding hydrogens is 413 g/mol. The number of carbonyl (C=O) groups is 1. The average Bonchev–Trinajstić information content (AvgIpc) is 3.23. The molecule has 0 bridgehead atoms. The molecule has 1 aromatic heterocycles. The number of amides is 1. The second-order valence-corrected chi connectivity index (χ2v) is 5.86. The lowest BCUT2D eigenvalue weighted by molar-refractivity contribution is 0.0991. The van der Waals surface area contributed by atoms with E-state index in [9.17, 15) is 26.7 Å². The molecule has 5 nitrogen and oxygen atoms in total. The van der Waals surface area contributed by atoms with Crippen molar-refractivity contribution in [1.29, 1.82) is 0 Å². The average molecular weight is 427 g/mol. The van der Waals surface area contributed by atoms with E-state index in [1.165, 1.54) is 6.07 Å². The smallest absolute Gasteiger partial charge is 0.291 e. The molecule has 1 heterocycles. The highest BCUT2D eigenvalue weighted by Gasteiger charge is 2.27. The maximum atomic E-state index is 13.7. The molecule has 0 saturated heterocycles. The summed E-state index contributed by atoms with van der Waals surface area (Å²) >= 11 is 0. The number of carbonyl (C=O) groups excluding carboxylic acids is 1. The Hall–Kier alpha value is -3.56. The van der Waals surface area contributed by atoms with Gasteiger partial charge in [0.1, 0.15) is 29.6 Å². The maximum Gasteiger partial charge on any atom is 0.291 e. The molecule has 0 fully saturated rings. The van der Waals surface area contributed by atoms with Gasteiger partial charge in [-0.3, -0.25) is 4.79 Å². The lowest BCUT2D eigenvalue weighted by Gasteiger charge is -2.09. The molecule has 0 aliphatic rings. The monoisotopic (exact) mass is 427 g/mol. The van der Waals surface area contributed by atoms with E-state index in [1.807, 2.05) is 6.92 Å². The van der Waals surface area contributed by atoms with Crippen LogP contribution in [0.3, 0.4) is 0 Å². The number of rotatable bonds is 7. The van der Waals surface area contributed by atoms with Crippen LogP contribution in [-0.4, -0.2) is 12.5 Å². The summed E-state index contributed by atoms with van der Waals surface area (Å²) in [4.78, 5) is 12.1. The van der Waals surface area contributed by atoms with Gasteiger partial charge in [-0.25, -0.2) is 22.0 Å². The second kappa shape index (κ2) is 8.85. The van der Waals surface area contributed by atoms with Gasteiger partial charge in [0.15, 0.2) is 29.0 Å². The molecule has 0 saturated carbocycles. The van der Waals surface area contributed by atoms with Gasteiger partial charge in [-0.15, -0.1) is 0 Å². The van der Waals surface area contributed by atoms with E-state index in [1.54, 1.807) is 29.6 Å². The lowest BCUT2D eigenvalue weighted by atomic mass is 10.2. The quantitative estimate of drug-likeness (QED) is 0.320. The summed E-state index contributed by atoms with van der Waals surface area (Å²) in [5.41, 5.74) is -1.47. The van der Waals surface area contributed by atoms with Gasteiger partial charge in [0.2, 0.25) is 5.82 Å². The Bertz CT molecular complexity index is 1040. The second-order valence-electron chi connectivity index (χ2n) is 5.86. The third kappa shape index (κ3) is 4.37. The molecule has 0 unspecified atom stereocenters. The molecule has 0 atom stereocenters. The number of halogens is 5. The number of nitrogens with one attached hydrogen (secondary N) is 1. The Morgan fingerprint density at radius 3 is 1.93 bits per heavy atom. The van der Waals surface area contributed by atoms with Crippen molar-refractivity contribution in [2.24, 2.45) is 0 Å². The number of hydrogen-bond acceptors (Lipinski definition) is 4. The first-order valence-corrected chi connectivity index (χ1v) is 8.59. The molecule has 3 rings (SSSR count). The van der Waals surface area contributed by atoms with Crippen molar-refractivity contribution in [1.82, 2.24) is 0 Å². The third-order valence-electron chi connectivity index (χ3n) is 3.85. The Labute approximate surface area is 167 Å². The number of benzene rings is 2. The van der Waals surface area contributed by atoms with Gasteiger partial charge >= 0.3 is 0 Å². The van der Waals surface area contributed by atoms with E-state index in [0.29, 0.717) is 18.1 Å². The number of hydrogen-bond donors (Lipinski definition) is 1. The zero-order valence-corrected chi connectivity index (χ0v) is 15.4. The Kier molecular flexibility index (Phi) is 6.24. The van der Waals surface area contributed by atoms with Crippen LogP contribution in [-0.2, 0) is 6.61 Å². The van der Waals surface area contributed by atoms with E-state index in [4.69, 9.17) is 13.9 Å². The lowest BCUT2D eigenvalue weighted by Crippen LogP contribution is -2.16. The largest absolute Gasteiger partial charge is 0.494 e. The van der Waals surface area contributed by atoms with Crippen LogP contribution in [0.15, 0.2) is 40.8 Å². The van der Waals surface area contributed by atoms with Gasteiger partial charge in [-0.1, -0.05) is 0 Å². The molecule has 0 aliphatic heterocycles. The van der Waals surface area contributed by atoms with Crippen LogP contribution in [0.4, 0.5) is 27.6 Å². The van der Waals surface area contributed by atoms with Crippen LogP contribution in [0.2, 0.25) is 0 Å². The van der Waals surface area contributed by atoms with Crippen molar-refractivity contribution in [3.63, 3.8) is 0 Å². The molecule has 2 aromatic carbocycles. The van der Waals surface area contributed by atoms with E-state index >= 15 is 0 Å². The number of ether oxygens (including phenoxy) is 2. The van der Waals surface area contributed by atoms with Crippen LogP contribution >= 0.6 is 0 Å². The first-order valence-electron chi connectivity index (χ1n) is 8.59. The van der Waals surface area contributed by atoms with Crippen LogP contribution in [0, 0.1) is 29.1 Å². The molecule has 158 valence electrons. The predicted molar refractivity (Wildman–Crippen MR) is 94.8 cm³/mol. The highest BCUT2D eigenvalue weighted by atomic mass is 19.2. The molecule has 3 aromatic rings. The first kappa shape index (κ1) is 21.2. The van der Waals surface area contributed by atoms with Gasteiger partial charge in [-0.05, 0) is 43.3 Å². The third-order valence-corrected chi connectivity index (χ3v) is 3.85. The summed E-state index contributed by atoms with van der Waals surface area (Å²) in [6.45, 7) is 2.28. The zero-order valence-electron chi connectivity index (χ0n) is 15.4. The molecule has 1 N–H and O–H groups in total. The Morgan fingerprint density at radius 2 is 1.37 bits per heavy atom. The Balaban J connectivity index is 1.67. The minimum Gasteiger partial charge on any atom is -0.494 e. The van der Waals surface area contributed by atoms with Crippen LogP contribution < -0.4 is 14.8 Å². The summed E-state index contributed by atoms with van der Waals surface area (Å²) in [7, 11) is 0. The van der Waals surface area contributed by atoms with E-state index in [2.05, 4.69) is 0 Å². The number of furan rings is 1. The fourth-order valence-corrected chi connectivity index (χ4v) is 2.42. The number of anilines is 1. The van der Waals surface area contributed by atoms with Crippen molar-refractivity contribution >= 4 is 11.6 Å². The minimum atomic E-state index is -2.32. The van der Waals surface area contributed by atoms with Crippen LogP contribution in [0.1, 0.15) is 23.2 Å². The molecule has 1 amide bonds. The van der Waals surface area contributed by atoms with Crippen molar-refractivity contribution in [3.05, 3.63) is 77.0 Å². The summed E-state index contributed by atoms with van der Waals surface area (Å²) in [6, 6.07) is 9.24. The molecule has 30 heavy (non-hydrogen) atoms. The summed E-state index contributed by atoms with van der Waals surface area (Å²) in [5.74, 6) is -11.3. The zero-order chi connectivity index (χ0) is 21.8. The minimum absolute atomic E-state index is 0.0796. The van der Waals surface area contributed by atoms with Gasteiger partial charge < -0.3 is 19.2 Å². The van der Waals surface area contributed by atoms with Gasteiger partial charge in [0.25, 0.3) is 5.91 Å². The molecule has 0 spiro atoms. The SMILES string of the molecule is CCOc1ccc(OCc2ccc(C(=O)Nc3c(F)c(F)c(F)c(F)c3F)o2)cc1. The fraction of sp³-hybridized carbons (Fsp3) is 0.150. The summed E-state index contributed by atoms with van der Waals surface area (Å²) < 4.78 is 82.8. The van der Waals surface area contributed by atoms with Crippen LogP contribution in [0.5, 0.6) is 11.5 Å². The Morgan fingerprint density at radius 1 is 0.833 bits per heavy atom. The topological polar surface area (TPSA) is 60.7 Å². The molecule has 0 radical (unpaired) electrons. The molecular formula is C20H14F5NO4. The van der Waals surface area contributed by atoms with Crippen molar-refractivity contribution in [3.8, 4) is 11.5 Å². The van der Waals surface area contributed by atoms with E-state index < -0.39 is 46.4 Å².